The number of rotatable bonds is 10. The topological polar surface area (TPSA) is 58.2 Å². The first-order valence-corrected chi connectivity index (χ1v) is 7.42. The van der Waals surface area contributed by atoms with Gasteiger partial charge in [0.15, 0.2) is 0 Å². The lowest BCUT2D eigenvalue weighted by Gasteiger charge is -2.09. The Morgan fingerprint density at radius 2 is 1.95 bits per heavy atom. The monoisotopic (exact) mass is 266 g/mol. The summed E-state index contributed by atoms with van der Waals surface area (Å²) in [4.78, 5) is 22.9. The van der Waals surface area contributed by atoms with Crippen LogP contribution < -0.4 is 10.6 Å². The van der Waals surface area contributed by atoms with Gasteiger partial charge >= 0.3 is 0 Å². The van der Waals surface area contributed by atoms with E-state index in [-0.39, 0.29) is 17.9 Å². The second-order valence-corrected chi connectivity index (χ2v) is 5.15. The predicted molar refractivity (Wildman–Crippen MR) is 76.7 cm³/mol. The van der Waals surface area contributed by atoms with E-state index in [0.29, 0.717) is 19.4 Å². The summed E-state index contributed by atoms with van der Waals surface area (Å²) in [5.74, 6) is -0.0377. The first kappa shape index (κ1) is 15.7. The zero-order valence-corrected chi connectivity index (χ0v) is 11.7. The number of hydrogen-bond donors (Lipinski definition) is 2. The van der Waals surface area contributed by atoms with Crippen molar-refractivity contribution in [3.63, 3.8) is 0 Å². The maximum atomic E-state index is 11.6. The van der Waals surface area contributed by atoms with Gasteiger partial charge in [0.05, 0.1) is 0 Å². The van der Waals surface area contributed by atoms with Crippen molar-refractivity contribution in [2.24, 2.45) is 0 Å². The van der Waals surface area contributed by atoms with Crippen LogP contribution in [-0.4, -0.2) is 24.4 Å². The molecule has 108 valence electrons. The van der Waals surface area contributed by atoms with E-state index in [1.807, 2.05) is 6.08 Å². The summed E-state index contributed by atoms with van der Waals surface area (Å²) in [6.45, 7) is 4.38. The van der Waals surface area contributed by atoms with Gasteiger partial charge in [0, 0.05) is 13.0 Å². The average molecular weight is 266 g/mol. The van der Waals surface area contributed by atoms with Crippen molar-refractivity contribution >= 4 is 11.8 Å². The van der Waals surface area contributed by atoms with E-state index < -0.39 is 0 Å². The van der Waals surface area contributed by atoms with Crippen molar-refractivity contribution in [3.05, 3.63) is 12.7 Å². The second-order valence-electron chi connectivity index (χ2n) is 5.15. The van der Waals surface area contributed by atoms with E-state index in [2.05, 4.69) is 17.2 Å². The van der Waals surface area contributed by atoms with E-state index >= 15 is 0 Å². The van der Waals surface area contributed by atoms with Crippen molar-refractivity contribution in [3.8, 4) is 0 Å². The van der Waals surface area contributed by atoms with Crippen LogP contribution in [0.2, 0.25) is 0 Å². The first-order valence-electron chi connectivity index (χ1n) is 7.42. The lowest BCUT2D eigenvalue weighted by molar-refractivity contribution is -0.127. The fourth-order valence-electron chi connectivity index (χ4n) is 2.28. The molecule has 19 heavy (non-hydrogen) atoms. The summed E-state index contributed by atoms with van der Waals surface area (Å²) >= 11 is 0. The van der Waals surface area contributed by atoms with Crippen LogP contribution in [0.25, 0.3) is 0 Å². The zero-order valence-electron chi connectivity index (χ0n) is 11.7. The lowest BCUT2D eigenvalue weighted by atomic mass is 10.1. The fourth-order valence-corrected chi connectivity index (χ4v) is 2.28. The third-order valence-corrected chi connectivity index (χ3v) is 3.45. The minimum Gasteiger partial charge on any atom is -0.354 e. The molecule has 1 aliphatic rings. The van der Waals surface area contributed by atoms with Crippen LogP contribution in [0.5, 0.6) is 0 Å². The van der Waals surface area contributed by atoms with Crippen molar-refractivity contribution in [2.45, 2.75) is 63.8 Å². The Morgan fingerprint density at radius 3 is 2.58 bits per heavy atom. The van der Waals surface area contributed by atoms with Crippen LogP contribution in [0, 0.1) is 0 Å². The van der Waals surface area contributed by atoms with Gasteiger partial charge in [-0.3, -0.25) is 9.59 Å². The molecular formula is C15H26N2O2. The summed E-state index contributed by atoms with van der Waals surface area (Å²) in [7, 11) is 0. The highest BCUT2D eigenvalue weighted by Crippen LogP contribution is 2.09. The molecule has 0 saturated carbocycles. The van der Waals surface area contributed by atoms with Crippen LogP contribution in [0.4, 0.5) is 0 Å². The third-order valence-electron chi connectivity index (χ3n) is 3.45. The highest BCUT2D eigenvalue weighted by molar-refractivity contribution is 5.88. The zero-order chi connectivity index (χ0) is 13.9. The maximum absolute atomic E-state index is 11.6. The minimum absolute atomic E-state index is 0.00806. The highest BCUT2D eigenvalue weighted by Gasteiger charge is 2.24. The van der Waals surface area contributed by atoms with Gasteiger partial charge in [0.1, 0.15) is 6.04 Å². The molecule has 0 radical (unpaired) electrons. The molecule has 2 amide bonds. The molecule has 1 heterocycles. The molecule has 1 fully saturated rings. The molecular weight excluding hydrogens is 240 g/mol. The summed E-state index contributed by atoms with van der Waals surface area (Å²) < 4.78 is 0. The molecule has 2 N–H and O–H groups in total. The van der Waals surface area contributed by atoms with Crippen molar-refractivity contribution in [1.29, 1.82) is 0 Å². The number of carbonyl (C=O) groups excluding carboxylic acids is 2. The van der Waals surface area contributed by atoms with Gasteiger partial charge in [0.2, 0.25) is 11.8 Å². The van der Waals surface area contributed by atoms with E-state index in [4.69, 9.17) is 0 Å². The second kappa shape index (κ2) is 9.59. The Bertz CT molecular complexity index is 303. The molecule has 0 bridgehead atoms. The molecule has 4 nitrogen and oxygen atoms in total. The Labute approximate surface area is 116 Å². The van der Waals surface area contributed by atoms with Gasteiger partial charge in [0.25, 0.3) is 0 Å². The molecule has 1 rings (SSSR count). The SMILES string of the molecule is C=CCCCCCCCCC(=O)N[C@H]1CCNC1=O. The first-order chi connectivity index (χ1) is 9.24. The number of unbranched alkanes of at least 4 members (excludes halogenated alkanes) is 6. The largest absolute Gasteiger partial charge is 0.354 e. The number of allylic oxidation sites excluding steroid dienone is 1. The Balaban J connectivity index is 1.92. The van der Waals surface area contributed by atoms with Crippen molar-refractivity contribution in [1.82, 2.24) is 10.6 Å². The number of amides is 2. The lowest BCUT2D eigenvalue weighted by Crippen LogP contribution is -2.39. The van der Waals surface area contributed by atoms with E-state index in [1.54, 1.807) is 0 Å². The molecule has 0 spiro atoms. The Morgan fingerprint density at radius 1 is 1.26 bits per heavy atom. The molecule has 0 unspecified atom stereocenters. The molecule has 0 aliphatic carbocycles. The molecule has 0 aromatic carbocycles. The highest BCUT2D eigenvalue weighted by atomic mass is 16.2. The standard InChI is InChI=1S/C15H26N2O2/c1-2-3-4-5-6-7-8-9-10-14(18)17-13-11-12-16-15(13)19/h2,13H,1,3-12H2,(H,16,19)(H,17,18)/t13-/m0/s1. The van der Waals surface area contributed by atoms with E-state index in [1.165, 1.54) is 25.7 Å². The quantitative estimate of drug-likeness (QED) is 0.471. The van der Waals surface area contributed by atoms with Gasteiger partial charge in [-0.25, -0.2) is 0 Å². The third kappa shape index (κ3) is 6.99. The Kier molecular flexibility index (Phi) is 7.94. The van der Waals surface area contributed by atoms with Crippen molar-refractivity contribution in [2.75, 3.05) is 6.54 Å². The molecule has 0 aromatic rings. The summed E-state index contributed by atoms with van der Waals surface area (Å²) in [5, 5.41) is 5.50. The predicted octanol–water partition coefficient (Wildman–Crippen LogP) is 2.30. The van der Waals surface area contributed by atoms with Gasteiger partial charge < -0.3 is 10.6 Å². The van der Waals surface area contributed by atoms with Gasteiger partial charge in [-0.2, -0.15) is 0 Å². The molecule has 1 aliphatic heterocycles. The molecule has 1 atom stereocenters. The smallest absolute Gasteiger partial charge is 0.242 e. The fraction of sp³-hybridized carbons (Fsp3) is 0.733. The van der Waals surface area contributed by atoms with Crippen LogP contribution in [0.3, 0.4) is 0 Å². The maximum Gasteiger partial charge on any atom is 0.242 e. The summed E-state index contributed by atoms with van der Waals surface area (Å²) in [6.07, 6.45) is 11.2. The summed E-state index contributed by atoms with van der Waals surface area (Å²) in [5.41, 5.74) is 0. The van der Waals surface area contributed by atoms with Crippen molar-refractivity contribution < 1.29 is 9.59 Å². The normalized spacial score (nSPS) is 18.1. The van der Waals surface area contributed by atoms with Gasteiger partial charge in [-0.1, -0.05) is 31.8 Å². The number of carbonyl (C=O) groups is 2. The van der Waals surface area contributed by atoms with Crippen LogP contribution >= 0.6 is 0 Å². The molecule has 0 aromatic heterocycles. The Hall–Kier alpha value is -1.32. The number of hydrogen-bond acceptors (Lipinski definition) is 2. The van der Waals surface area contributed by atoms with Crippen LogP contribution in [-0.2, 0) is 9.59 Å². The summed E-state index contributed by atoms with van der Waals surface area (Å²) in [6, 6.07) is -0.300. The average Bonchev–Trinajstić information content (AvgIpc) is 2.78. The minimum atomic E-state index is -0.300. The van der Waals surface area contributed by atoms with Crippen LogP contribution in [0.15, 0.2) is 12.7 Å². The number of nitrogens with one attached hydrogen (secondary N) is 2. The van der Waals surface area contributed by atoms with Gasteiger partial charge in [-0.05, 0) is 25.7 Å². The van der Waals surface area contributed by atoms with E-state index in [0.717, 1.165) is 19.3 Å². The molecule has 4 heteroatoms. The van der Waals surface area contributed by atoms with Gasteiger partial charge in [-0.15, -0.1) is 6.58 Å². The molecule has 1 saturated heterocycles. The van der Waals surface area contributed by atoms with Crippen LogP contribution in [0.1, 0.15) is 57.8 Å². The van der Waals surface area contributed by atoms with E-state index in [9.17, 15) is 9.59 Å².